The molecule has 1 aliphatic heterocycles. The average Bonchev–Trinajstić information content (AvgIpc) is 2.36. The molecule has 4 heteroatoms. The predicted octanol–water partition coefficient (Wildman–Crippen LogP) is 0.388. The van der Waals surface area contributed by atoms with Crippen molar-refractivity contribution in [1.29, 1.82) is 0 Å². The highest BCUT2D eigenvalue weighted by molar-refractivity contribution is 6.59. The molecule has 1 aromatic rings. The van der Waals surface area contributed by atoms with Crippen LogP contribution in [0.1, 0.15) is 25.0 Å². The molecule has 80 valence electrons. The van der Waals surface area contributed by atoms with Crippen LogP contribution in [0.15, 0.2) is 12.1 Å². The minimum absolute atomic E-state index is 0.250. The zero-order valence-corrected chi connectivity index (χ0v) is 9.24. The molecule has 0 radical (unpaired) electrons. The first-order chi connectivity index (χ1) is 6.89. The summed E-state index contributed by atoms with van der Waals surface area (Å²) in [5.74, 6) is 0.781. The molecule has 0 aliphatic carbocycles. The summed E-state index contributed by atoms with van der Waals surface area (Å²) in [4.78, 5) is 0. The smallest absolute Gasteiger partial charge is 0.487 e. The summed E-state index contributed by atoms with van der Waals surface area (Å²) in [6.07, 6.45) is 0.718. The molecule has 2 N–H and O–H groups in total. The van der Waals surface area contributed by atoms with E-state index in [9.17, 15) is 10.0 Å². The molecule has 2 rings (SSSR count). The normalized spacial score (nSPS) is 17.1. The molecule has 3 nitrogen and oxygen atoms in total. The maximum absolute atomic E-state index is 9.28. The third kappa shape index (κ3) is 1.87. The van der Waals surface area contributed by atoms with Gasteiger partial charge in [-0.05, 0) is 43.4 Å². The van der Waals surface area contributed by atoms with Crippen molar-refractivity contribution in [2.24, 2.45) is 0 Å². The third-order valence-corrected chi connectivity index (χ3v) is 2.65. The van der Waals surface area contributed by atoms with Crippen LogP contribution in [0.5, 0.6) is 5.75 Å². The lowest BCUT2D eigenvalue weighted by Crippen LogP contribution is -2.34. The van der Waals surface area contributed by atoms with Crippen LogP contribution < -0.4 is 10.2 Å². The molecule has 15 heavy (non-hydrogen) atoms. The van der Waals surface area contributed by atoms with Gasteiger partial charge in [0.2, 0.25) is 0 Å². The molecule has 0 unspecified atom stereocenters. The fourth-order valence-corrected chi connectivity index (χ4v) is 2.08. The molecule has 0 amide bonds. The standard InChI is InChI=1S/C11H15BO3/c1-7-4-9(12(13)14)8-6-11(2,3)15-10(8)5-7/h4-5,13-14H,6H2,1-3H3. The lowest BCUT2D eigenvalue weighted by molar-refractivity contribution is 0.138. The van der Waals surface area contributed by atoms with E-state index in [2.05, 4.69) is 0 Å². The van der Waals surface area contributed by atoms with Gasteiger partial charge < -0.3 is 14.8 Å². The van der Waals surface area contributed by atoms with Gasteiger partial charge >= 0.3 is 7.12 Å². The van der Waals surface area contributed by atoms with Crippen LogP contribution in [0.4, 0.5) is 0 Å². The number of hydrogen-bond donors (Lipinski definition) is 2. The number of aryl methyl sites for hydroxylation is 1. The highest BCUT2D eigenvalue weighted by atomic mass is 16.5. The summed E-state index contributed by atoms with van der Waals surface area (Å²) in [7, 11) is -1.42. The van der Waals surface area contributed by atoms with Crippen molar-refractivity contribution in [3.8, 4) is 5.75 Å². The lowest BCUT2D eigenvalue weighted by Gasteiger charge is -2.16. The molecule has 0 spiro atoms. The number of ether oxygens (including phenoxy) is 1. The molecule has 0 saturated carbocycles. The van der Waals surface area contributed by atoms with E-state index in [0.717, 1.165) is 23.3 Å². The van der Waals surface area contributed by atoms with Crippen LogP contribution in [-0.4, -0.2) is 22.8 Å². The van der Waals surface area contributed by atoms with Crippen LogP contribution in [-0.2, 0) is 6.42 Å². The summed E-state index contributed by atoms with van der Waals surface area (Å²) in [6, 6.07) is 3.74. The van der Waals surface area contributed by atoms with E-state index < -0.39 is 7.12 Å². The Morgan fingerprint density at radius 1 is 1.33 bits per heavy atom. The molecular formula is C11H15BO3. The van der Waals surface area contributed by atoms with E-state index in [4.69, 9.17) is 4.74 Å². The second-order valence-electron chi connectivity index (χ2n) is 4.74. The number of benzene rings is 1. The first-order valence-electron chi connectivity index (χ1n) is 5.08. The van der Waals surface area contributed by atoms with Crippen LogP contribution in [0.3, 0.4) is 0 Å². The van der Waals surface area contributed by atoms with E-state index in [1.165, 1.54) is 0 Å². The van der Waals surface area contributed by atoms with Gasteiger partial charge in [0.25, 0.3) is 0 Å². The van der Waals surface area contributed by atoms with Crippen LogP contribution in [0.25, 0.3) is 0 Å². The van der Waals surface area contributed by atoms with E-state index in [1.807, 2.05) is 26.8 Å². The van der Waals surface area contributed by atoms with Gasteiger partial charge in [-0.15, -0.1) is 0 Å². The quantitative estimate of drug-likeness (QED) is 0.653. The highest BCUT2D eigenvalue weighted by Crippen LogP contribution is 2.34. The molecule has 1 aromatic carbocycles. The Bertz CT molecular complexity index is 399. The zero-order chi connectivity index (χ0) is 11.2. The van der Waals surface area contributed by atoms with Crippen molar-refractivity contribution < 1.29 is 14.8 Å². The van der Waals surface area contributed by atoms with Gasteiger partial charge in [-0.25, -0.2) is 0 Å². The monoisotopic (exact) mass is 206 g/mol. The van der Waals surface area contributed by atoms with Gasteiger partial charge in [0.1, 0.15) is 11.4 Å². The number of rotatable bonds is 1. The van der Waals surface area contributed by atoms with Gasteiger partial charge in [-0.2, -0.15) is 0 Å². The van der Waals surface area contributed by atoms with E-state index in [0.29, 0.717) is 5.46 Å². The summed E-state index contributed by atoms with van der Waals surface area (Å²) >= 11 is 0. The fraction of sp³-hybridized carbons (Fsp3) is 0.455. The Morgan fingerprint density at radius 3 is 2.60 bits per heavy atom. The average molecular weight is 206 g/mol. The topological polar surface area (TPSA) is 49.7 Å². The summed E-state index contributed by atoms with van der Waals surface area (Å²) in [5.41, 5.74) is 2.21. The van der Waals surface area contributed by atoms with Crippen molar-refractivity contribution in [3.05, 3.63) is 23.3 Å². The Hall–Kier alpha value is -0.995. The molecule has 1 aliphatic rings. The Morgan fingerprint density at radius 2 is 2.00 bits per heavy atom. The Balaban J connectivity index is 2.53. The Kier molecular flexibility index (Phi) is 2.28. The maximum atomic E-state index is 9.28. The summed E-state index contributed by atoms with van der Waals surface area (Å²) in [6.45, 7) is 5.91. The molecule has 1 heterocycles. The van der Waals surface area contributed by atoms with Crippen molar-refractivity contribution >= 4 is 12.6 Å². The fourth-order valence-electron chi connectivity index (χ4n) is 2.08. The second kappa shape index (κ2) is 3.25. The van der Waals surface area contributed by atoms with Crippen LogP contribution in [0, 0.1) is 6.92 Å². The molecule has 0 saturated heterocycles. The van der Waals surface area contributed by atoms with Gasteiger partial charge in [-0.3, -0.25) is 0 Å². The van der Waals surface area contributed by atoms with Crippen molar-refractivity contribution in [2.45, 2.75) is 32.8 Å². The molecular weight excluding hydrogens is 191 g/mol. The Labute approximate surface area is 89.8 Å². The number of hydrogen-bond acceptors (Lipinski definition) is 3. The maximum Gasteiger partial charge on any atom is 0.488 e. The van der Waals surface area contributed by atoms with Gasteiger partial charge in [0, 0.05) is 6.42 Å². The second-order valence-corrected chi connectivity index (χ2v) is 4.74. The molecule has 0 bridgehead atoms. The minimum Gasteiger partial charge on any atom is -0.487 e. The summed E-state index contributed by atoms with van der Waals surface area (Å²) < 4.78 is 5.74. The number of fused-ring (bicyclic) bond motifs is 1. The lowest BCUT2D eigenvalue weighted by atomic mass is 9.74. The van der Waals surface area contributed by atoms with E-state index in [-0.39, 0.29) is 5.60 Å². The molecule has 0 aromatic heterocycles. The third-order valence-electron chi connectivity index (χ3n) is 2.65. The molecule has 0 fully saturated rings. The van der Waals surface area contributed by atoms with Crippen molar-refractivity contribution in [2.75, 3.05) is 0 Å². The SMILES string of the molecule is Cc1cc2c(c(B(O)O)c1)CC(C)(C)O2. The van der Waals surface area contributed by atoms with Gasteiger partial charge in [0.15, 0.2) is 0 Å². The van der Waals surface area contributed by atoms with Crippen LogP contribution >= 0.6 is 0 Å². The summed E-state index contributed by atoms with van der Waals surface area (Å²) in [5, 5.41) is 18.6. The zero-order valence-electron chi connectivity index (χ0n) is 9.24. The minimum atomic E-state index is -1.42. The van der Waals surface area contributed by atoms with E-state index in [1.54, 1.807) is 6.07 Å². The van der Waals surface area contributed by atoms with E-state index >= 15 is 0 Å². The first-order valence-corrected chi connectivity index (χ1v) is 5.08. The largest absolute Gasteiger partial charge is 0.488 e. The first kappa shape index (κ1) is 10.5. The van der Waals surface area contributed by atoms with Crippen molar-refractivity contribution in [1.82, 2.24) is 0 Å². The predicted molar refractivity (Wildman–Crippen MR) is 59.4 cm³/mol. The highest BCUT2D eigenvalue weighted by Gasteiger charge is 2.34. The van der Waals surface area contributed by atoms with Gasteiger partial charge in [-0.1, -0.05) is 6.07 Å². The van der Waals surface area contributed by atoms with Crippen molar-refractivity contribution in [3.63, 3.8) is 0 Å². The van der Waals surface area contributed by atoms with Gasteiger partial charge in [0.05, 0.1) is 0 Å². The van der Waals surface area contributed by atoms with Crippen LogP contribution in [0.2, 0.25) is 0 Å². The molecule has 0 atom stereocenters.